The zero-order valence-corrected chi connectivity index (χ0v) is 16.8. The van der Waals surface area contributed by atoms with Crippen molar-refractivity contribution in [1.82, 2.24) is 5.32 Å². The minimum atomic E-state index is -0.487. The average molecular weight is 379 g/mol. The Morgan fingerprint density at radius 1 is 0.731 bits per heavy atom. The van der Waals surface area contributed by atoms with Crippen molar-refractivity contribution in [3.63, 3.8) is 0 Å². The van der Waals surface area contributed by atoms with Gasteiger partial charge in [-0.1, -0.05) is 0 Å². The van der Waals surface area contributed by atoms with Crippen LogP contribution in [0.5, 0.6) is 0 Å². The van der Waals surface area contributed by atoms with E-state index in [1.807, 2.05) is 27.8 Å². The van der Waals surface area contributed by atoms with Crippen molar-refractivity contribution in [2.75, 3.05) is 79.7 Å². The Morgan fingerprint density at radius 2 is 1.19 bits per heavy atom. The highest BCUT2D eigenvalue weighted by molar-refractivity contribution is 5.71. The fourth-order valence-corrected chi connectivity index (χ4v) is 1.73. The molecule has 1 N–H and O–H groups in total. The van der Waals surface area contributed by atoms with Crippen LogP contribution in [0.1, 0.15) is 27.2 Å². The molecule has 0 bridgehead atoms. The Bertz CT molecular complexity index is 321. The molecule has 0 aliphatic heterocycles. The molecule has 0 unspecified atom stereocenters. The quantitative estimate of drug-likeness (QED) is 0.279. The van der Waals surface area contributed by atoms with Crippen molar-refractivity contribution in [2.45, 2.75) is 32.8 Å². The first-order valence-corrected chi connectivity index (χ1v) is 9.21. The average Bonchev–Trinajstić information content (AvgIpc) is 2.56. The van der Waals surface area contributed by atoms with Crippen molar-refractivity contribution in [1.29, 1.82) is 0 Å². The number of likely N-dealkylation sites (N-methyl/N-ethyl adjacent to an activating group) is 1. The normalized spacial score (nSPS) is 11.7. The number of hydrogen-bond acceptors (Lipinski definition) is 8. The Labute approximate surface area is 157 Å². The number of nitrogens with one attached hydrogen (secondary N) is 1. The molecule has 0 aliphatic rings. The van der Waals surface area contributed by atoms with Gasteiger partial charge >= 0.3 is 5.97 Å². The minimum absolute atomic E-state index is 0.0579. The van der Waals surface area contributed by atoms with E-state index in [1.54, 1.807) is 0 Å². The number of carbonyl (C=O) groups excluding carboxylic acids is 1. The van der Waals surface area contributed by atoms with Crippen LogP contribution in [-0.4, -0.2) is 91.2 Å². The van der Waals surface area contributed by atoms with Gasteiger partial charge in [-0.2, -0.15) is 0 Å². The van der Waals surface area contributed by atoms with Crippen molar-refractivity contribution < 1.29 is 33.2 Å². The monoisotopic (exact) mass is 379 g/mol. The van der Waals surface area contributed by atoms with Gasteiger partial charge in [-0.3, -0.25) is 0 Å². The van der Waals surface area contributed by atoms with Crippen LogP contribution in [0, 0.1) is 0 Å². The summed E-state index contributed by atoms with van der Waals surface area (Å²) >= 11 is 0. The first-order valence-electron chi connectivity index (χ1n) is 9.21. The van der Waals surface area contributed by atoms with Gasteiger partial charge in [0.15, 0.2) is 0 Å². The molecular formula is C18H37NO7. The van der Waals surface area contributed by atoms with Gasteiger partial charge in [0, 0.05) is 19.8 Å². The molecule has 0 saturated heterocycles. The van der Waals surface area contributed by atoms with Crippen LogP contribution < -0.4 is 5.32 Å². The van der Waals surface area contributed by atoms with Crippen LogP contribution in [0.15, 0.2) is 0 Å². The first kappa shape index (κ1) is 25.2. The van der Waals surface area contributed by atoms with Crippen LogP contribution in [0.4, 0.5) is 0 Å². The fraction of sp³-hybridized carbons (Fsp3) is 0.944. The number of hydrogen-bond donors (Lipinski definition) is 1. The predicted molar refractivity (Wildman–Crippen MR) is 98.5 cm³/mol. The molecule has 0 spiro atoms. The molecule has 0 radical (unpaired) electrons. The number of rotatable bonds is 18. The maximum absolute atomic E-state index is 11.4. The van der Waals surface area contributed by atoms with Gasteiger partial charge < -0.3 is 33.7 Å². The standard InChI is InChI=1S/C18H37NO7/c1-18(2,3)26-17(20)16-25-15-14-24-13-11-22-8-5-7-21-10-12-23-9-6-19-4/h19H,5-16H2,1-4H3. The lowest BCUT2D eigenvalue weighted by atomic mass is 10.2. The van der Waals surface area contributed by atoms with Gasteiger partial charge in [0.05, 0.1) is 46.2 Å². The maximum atomic E-state index is 11.4. The molecule has 0 heterocycles. The summed E-state index contributed by atoms with van der Waals surface area (Å²) in [6, 6.07) is 0. The molecule has 0 atom stereocenters. The van der Waals surface area contributed by atoms with E-state index >= 15 is 0 Å². The lowest BCUT2D eigenvalue weighted by Crippen LogP contribution is -2.27. The summed E-state index contributed by atoms with van der Waals surface area (Å²) < 4.78 is 31.9. The van der Waals surface area contributed by atoms with Gasteiger partial charge in [0.25, 0.3) is 0 Å². The van der Waals surface area contributed by atoms with Gasteiger partial charge in [0.2, 0.25) is 0 Å². The molecule has 8 nitrogen and oxygen atoms in total. The Kier molecular flexibility index (Phi) is 17.1. The van der Waals surface area contributed by atoms with E-state index in [-0.39, 0.29) is 12.6 Å². The molecule has 26 heavy (non-hydrogen) atoms. The minimum Gasteiger partial charge on any atom is -0.458 e. The zero-order valence-electron chi connectivity index (χ0n) is 16.8. The molecule has 0 fully saturated rings. The van der Waals surface area contributed by atoms with Crippen LogP contribution in [0.3, 0.4) is 0 Å². The third-order valence-electron chi connectivity index (χ3n) is 2.83. The Balaban J connectivity index is 3.12. The summed E-state index contributed by atoms with van der Waals surface area (Å²) in [7, 11) is 1.89. The van der Waals surface area contributed by atoms with Crippen LogP contribution >= 0.6 is 0 Å². The highest BCUT2D eigenvalue weighted by Gasteiger charge is 2.15. The second-order valence-electron chi connectivity index (χ2n) is 6.55. The summed E-state index contributed by atoms with van der Waals surface area (Å²) in [5.74, 6) is -0.368. The Morgan fingerprint density at radius 3 is 1.69 bits per heavy atom. The highest BCUT2D eigenvalue weighted by atomic mass is 16.6. The highest BCUT2D eigenvalue weighted by Crippen LogP contribution is 2.06. The van der Waals surface area contributed by atoms with Crippen molar-refractivity contribution in [3.05, 3.63) is 0 Å². The van der Waals surface area contributed by atoms with Gasteiger partial charge in [-0.25, -0.2) is 4.79 Å². The number of esters is 1. The second-order valence-corrected chi connectivity index (χ2v) is 6.55. The molecule has 0 amide bonds. The second kappa shape index (κ2) is 17.6. The molecule has 0 aromatic rings. The third-order valence-corrected chi connectivity index (χ3v) is 2.83. The van der Waals surface area contributed by atoms with Crippen molar-refractivity contribution in [3.8, 4) is 0 Å². The van der Waals surface area contributed by atoms with Gasteiger partial charge in [-0.05, 0) is 34.2 Å². The zero-order chi connectivity index (χ0) is 19.5. The molecule has 156 valence electrons. The SMILES string of the molecule is CNCCOCCOCCCOCCOCCOCC(=O)OC(C)(C)C. The number of ether oxygens (including phenoxy) is 6. The summed E-state index contributed by atoms with van der Waals surface area (Å²) in [5, 5.41) is 3.01. The molecular weight excluding hydrogens is 342 g/mol. The Hall–Kier alpha value is -0.770. The smallest absolute Gasteiger partial charge is 0.332 e. The van der Waals surface area contributed by atoms with E-state index in [1.165, 1.54) is 0 Å². The molecule has 0 aromatic carbocycles. The fourth-order valence-electron chi connectivity index (χ4n) is 1.73. The van der Waals surface area contributed by atoms with E-state index < -0.39 is 5.60 Å². The van der Waals surface area contributed by atoms with Crippen molar-refractivity contribution >= 4 is 5.97 Å². The summed E-state index contributed by atoms with van der Waals surface area (Å²) in [6.45, 7) is 11.3. The summed E-state index contributed by atoms with van der Waals surface area (Å²) in [6.07, 6.45) is 0.843. The largest absolute Gasteiger partial charge is 0.458 e. The predicted octanol–water partition coefficient (Wildman–Crippen LogP) is 1.02. The van der Waals surface area contributed by atoms with E-state index in [0.29, 0.717) is 59.5 Å². The topological polar surface area (TPSA) is 84.5 Å². The molecule has 0 aliphatic carbocycles. The summed E-state index contributed by atoms with van der Waals surface area (Å²) in [5.41, 5.74) is -0.487. The molecule has 0 aromatic heterocycles. The maximum Gasteiger partial charge on any atom is 0.332 e. The molecule has 0 saturated carbocycles. The van der Waals surface area contributed by atoms with Crippen molar-refractivity contribution in [2.24, 2.45) is 0 Å². The third kappa shape index (κ3) is 21.3. The lowest BCUT2D eigenvalue weighted by Gasteiger charge is -2.19. The number of carbonyl (C=O) groups is 1. The van der Waals surface area contributed by atoms with E-state index in [4.69, 9.17) is 28.4 Å². The summed E-state index contributed by atoms with van der Waals surface area (Å²) in [4.78, 5) is 11.4. The van der Waals surface area contributed by atoms with E-state index in [2.05, 4.69) is 5.32 Å². The van der Waals surface area contributed by atoms with E-state index in [9.17, 15) is 4.79 Å². The van der Waals surface area contributed by atoms with Gasteiger partial charge in [0.1, 0.15) is 12.2 Å². The lowest BCUT2D eigenvalue weighted by molar-refractivity contribution is -0.160. The first-order chi connectivity index (χ1) is 12.5. The van der Waals surface area contributed by atoms with Crippen LogP contribution in [0.2, 0.25) is 0 Å². The van der Waals surface area contributed by atoms with Crippen LogP contribution in [-0.2, 0) is 33.2 Å². The van der Waals surface area contributed by atoms with Gasteiger partial charge in [-0.15, -0.1) is 0 Å². The molecule has 8 heteroatoms. The molecule has 0 rings (SSSR count). The van der Waals surface area contributed by atoms with Crippen LogP contribution in [0.25, 0.3) is 0 Å². The van der Waals surface area contributed by atoms with E-state index in [0.717, 1.165) is 13.0 Å².